The van der Waals surface area contributed by atoms with E-state index in [0.717, 1.165) is 11.1 Å². The van der Waals surface area contributed by atoms with Gasteiger partial charge in [0.05, 0.1) is 6.04 Å². The van der Waals surface area contributed by atoms with Crippen LogP contribution in [0.2, 0.25) is 0 Å². The number of methoxy groups -OCH3 is 1. The third kappa shape index (κ3) is 7.43. The Morgan fingerprint density at radius 3 is 2.47 bits per heavy atom. The molecule has 0 fully saturated rings. The minimum atomic E-state index is -1.14. The fourth-order valence-electron chi connectivity index (χ4n) is 4.01. The van der Waals surface area contributed by atoms with Gasteiger partial charge in [-0.15, -0.1) is 0 Å². The number of hydrogen-bond acceptors (Lipinski definition) is 7. The number of nitrogens with two attached hydrogens (primary N) is 1. The molecule has 9 nitrogen and oxygen atoms in total. The molecule has 0 aliphatic carbocycles. The third-order valence-electron chi connectivity index (χ3n) is 5.99. The van der Waals surface area contributed by atoms with Gasteiger partial charge in [-0.25, -0.2) is 4.79 Å². The summed E-state index contributed by atoms with van der Waals surface area (Å²) in [7, 11) is 1.47. The summed E-state index contributed by atoms with van der Waals surface area (Å²) in [4.78, 5) is 40.4. The molecule has 1 aliphatic rings. The maximum absolute atomic E-state index is 13.8. The molecule has 10 heteroatoms. The van der Waals surface area contributed by atoms with Crippen molar-refractivity contribution >= 4 is 30.4 Å². The number of carboxylic acid groups (broad SMARTS) is 1. The number of carbonyl (C=O) groups is 3. The van der Waals surface area contributed by atoms with Crippen molar-refractivity contribution in [1.29, 1.82) is 0 Å². The standard InChI is InChI=1S/C24H38N4O5S/c1-24(2,3)20(26-12-17(25)14-34)22(30)28-13-16-8-6-5-7-15(16)11-19(28)21(29)27-18(23(31)32)9-10-33-4/h5-8,17-20,26,34H,9-14,25H2,1-4H3,(H,27,29)(H,31,32)/t17-,18+,19+,20-/m1/s1. The van der Waals surface area contributed by atoms with Crippen LogP contribution in [-0.2, 0) is 32.1 Å². The Kier molecular flexibility index (Phi) is 10.4. The van der Waals surface area contributed by atoms with Crippen LogP contribution in [-0.4, -0.2) is 78.0 Å². The van der Waals surface area contributed by atoms with E-state index in [1.165, 1.54) is 7.11 Å². The molecule has 1 aliphatic heterocycles. The number of nitrogens with one attached hydrogen (secondary N) is 2. The highest BCUT2D eigenvalue weighted by atomic mass is 32.1. The molecule has 4 atom stereocenters. The van der Waals surface area contributed by atoms with E-state index in [1.54, 1.807) is 4.90 Å². The first-order valence-electron chi connectivity index (χ1n) is 11.5. The van der Waals surface area contributed by atoms with E-state index in [4.69, 9.17) is 10.5 Å². The number of fused-ring (bicyclic) bond motifs is 1. The molecule has 0 radical (unpaired) electrons. The normalized spacial score (nSPS) is 18.5. The van der Waals surface area contributed by atoms with E-state index in [0.29, 0.717) is 18.7 Å². The second-order valence-corrected chi connectivity index (χ2v) is 10.2. The molecule has 190 valence electrons. The van der Waals surface area contributed by atoms with Crippen molar-refractivity contribution in [1.82, 2.24) is 15.5 Å². The number of hydrogen-bond donors (Lipinski definition) is 5. The second-order valence-electron chi connectivity index (χ2n) is 9.79. The molecule has 0 aromatic heterocycles. The van der Waals surface area contributed by atoms with Crippen molar-refractivity contribution in [2.45, 2.75) is 64.3 Å². The highest BCUT2D eigenvalue weighted by molar-refractivity contribution is 7.80. The molecule has 5 N–H and O–H groups in total. The Morgan fingerprint density at radius 2 is 1.91 bits per heavy atom. The number of benzene rings is 1. The summed E-state index contributed by atoms with van der Waals surface area (Å²) in [5.41, 5.74) is 7.49. The topological polar surface area (TPSA) is 134 Å². The van der Waals surface area contributed by atoms with Crippen LogP contribution in [0.5, 0.6) is 0 Å². The Balaban J connectivity index is 2.35. The van der Waals surface area contributed by atoms with E-state index in [-0.39, 0.29) is 31.5 Å². The van der Waals surface area contributed by atoms with Gasteiger partial charge in [-0.1, -0.05) is 45.0 Å². The van der Waals surface area contributed by atoms with Crippen molar-refractivity contribution in [2.75, 3.05) is 26.0 Å². The summed E-state index contributed by atoms with van der Waals surface area (Å²) >= 11 is 4.22. The zero-order valence-corrected chi connectivity index (χ0v) is 21.3. The van der Waals surface area contributed by atoms with Crippen LogP contribution in [0.4, 0.5) is 0 Å². The fourth-order valence-corrected chi connectivity index (χ4v) is 4.14. The molecule has 34 heavy (non-hydrogen) atoms. The summed E-state index contributed by atoms with van der Waals surface area (Å²) in [6, 6.07) is 4.91. The first kappa shape index (κ1) is 28.1. The van der Waals surface area contributed by atoms with Gasteiger partial charge in [-0.3, -0.25) is 9.59 Å². The smallest absolute Gasteiger partial charge is 0.326 e. The number of aliphatic carboxylic acids is 1. The number of rotatable bonds is 11. The van der Waals surface area contributed by atoms with Gasteiger partial charge in [0.1, 0.15) is 12.1 Å². The van der Waals surface area contributed by atoms with Gasteiger partial charge in [-0.2, -0.15) is 12.6 Å². The molecule has 0 bridgehead atoms. The third-order valence-corrected chi connectivity index (χ3v) is 6.46. The largest absolute Gasteiger partial charge is 0.480 e. The van der Waals surface area contributed by atoms with Gasteiger partial charge in [0.2, 0.25) is 11.8 Å². The average Bonchev–Trinajstić information content (AvgIpc) is 2.79. The van der Waals surface area contributed by atoms with Crippen LogP contribution in [0.3, 0.4) is 0 Å². The van der Waals surface area contributed by atoms with Crippen LogP contribution in [0.25, 0.3) is 0 Å². The lowest BCUT2D eigenvalue weighted by atomic mass is 9.84. The highest BCUT2D eigenvalue weighted by Crippen LogP contribution is 2.28. The molecule has 1 aromatic rings. The lowest BCUT2D eigenvalue weighted by Crippen LogP contribution is -2.61. The van der Waals surface area contributed by atoms with Gasteiger partial charge in [-0.05, 0) is 16.5 Å². The lowest BCUT2D eigenvalue weighted by molar-refractivity contribution is -0.147. The zero-order valence-electron chi connectivity index (χ0n) is 20.4. The van der Waals surface area contributed by atoms with Gasteiger partial charge in [0.15, 0.2) is 0 Å². The Labute approximate surface area is 207 Å². The summed E-state index contributed by atoms with van der Waals surface area (Å²) < 4.78 is 4.98. The van der Waals surface area contributed by atoms with Gasteiger partial charge in [0.25, 0.3) is 0 Å². The first-order valence-corrected chi connectivity index (χ1v) is 12.1. The van der Waals surface area contributed by atoms with Gasteiger partial charge >= 0.3 is 5.97 Å². The predicted molar refractivity (Wildman–Crippen MR) is 134 cm³/mol. The molecule has 0 unspecified atom stereocenters. The molecule has 1 aromatic carbocycles. The lowest BCUT2D eigenvalue weighted by Gasteiger charge is -2.41. The quantitative estimate of drug-likeness (QED) is 0.287. The van der Waals surface area contributed by atoms with Crippen LogP contribution in [0, 0.1) is 5.41 Å². The highest BCUT2D eigenvalue weighted by Gasteiger charge is 2.41. The Morgan fingerprint density at radius 1 is 1.26 bits per heavy atom. The van der Waals surface area contributed by atoms with Crippen LogP contribution >= 0.6 is 12.6 Å². The summed E-state index contributed by atoms with van der Waals surface area (Å²) in [5, 5.41) is 15.4. The predicted octanol–water partition coefficient (Wildman–Crippen LogP) is 0.807. The van der Waals surface area contributed by atoms with E-state index >= 15 is 0 Å². The number of amides is 2. The van der Waals surface area contributed by atoms with Crippen molar-refractivity contribution in [3.63, 3.8) is 0 Å². The number of carbonyl (C=O) groups excluding carboxylic acids is 2. The molecule has 2 amide bonds. The molecule has 2 rings (SSSR count). The number of nitrogens with zero attached hydrogens (tertiary/aromatic N) is 1. The molecule has 1 heterocycles. The molecular formula is C24H38N4O5S. The maximum Gasteiger partial charge on any atom is 0.326 e. The van der Waals surface area contributed by atoms with E-state index in [1.807, 2.05) is 45.0 Å². The maximum atomic E-state index is 13.8. The summed E-state index contributed by atoms with van der Waals surface area (Å²) in [5.74, 6) is -1.39. The van der Waals surface area contributed by atoms with E-state index < -0.39 is 35.4 Å². The van der Waals surface area contributed by atoms with E-state index in [2.05, 4.69) is 23.3 Å². The van der Waals surface area contributed by atoms with Gasteiger partial charge < -0.3 is 31.1 Å². The molecule has 0 saturated carbocycles. The van der Waals surface area contributed by atoms with Crippen molar-refractivity contribution in [3.8, 4) is 0 Å². The fraction of sp³-hybridized carbons (Fsp3) is 0.625. The molecular weight excluding hydrogens is 456 g/mol. The first-order chi connectivity index (χ1) is 16.0. The SMILES string of the molecule is COCC[C@H](NC(=O)[C@@H]1Cc2ccccc2CN1C(=O)[C@@H](NC[C@@H](N)CS)C(C)(C)C)C(=O)O. The number of carboxylic acids is 1. The van der Waals surface area contributed by atoms with Crippen molar-refractivity contribution in [3.05, 3.63) is 35.4 Å². The minimum absolute atomic E-state index is 0.128. The van der Waals surface area contributed by atoms with Crippen LogP contribution in [0.1, 0.15) is 38.3 Å². The van der Waals surface area contributed by atoms with Crippen molar-refractivity contribution in [2.24, 2.45) is 11.1 Å². The number of thiol groups is 1. The summed E-state index contributed by atoms with van der Waals surface area (Å²) in [6.07, 6.45) is 0.431. The molecule has 0 spiro atoms. The van der Waals surface area contributed by atoms with Crippen molar-refractivity contribution < 1.29 is 24.2 Å². The zero-order chi connectivity index (χ0) is 25.5. The monoisotopic (exact) mass is 494 g/mol. The van der Waals surface area contributed by atoms with Crippen LogP contribution in [0.15, 0.2) is 24.3 Å². The van der Waals surface area contributed by atoms with Crippen LogP contribution < -0.4 is 16.4 Å². The van der Waals surface area contributed by atoms with Gasteiger partial charge in [0, 0.05) is 51.4 Å². The molecule has 0 saturated heterocycles. The Hall–Kier alpha value is -2.14. The summed E-state index contributed by atoms with van der Waals surface area (Å²) in [6.45, 7) is 6.70. The minimum Gasteiger partial charge on any atom is -0.480 e. The van der Waals surface area contributed by atoms with E-state index in [9.17, 15) is 19.5 Å². The average molecular weight is 495 g/mol. The Bertz CT molecular complexity index is 860. The second kappa shape index (κ2) is 12.5. The number of ether oxygens (including phenoxy) is 1.